The highest BCUT2D eigenvalue weighted by Gasteiger charge is 2.21. The van der Waals surface area contributed by atoms with E-state index in [4.69, 9.17) is 5.73 Å². The van der Waals surface area contributed by atoms with E-state index in [2.05, 4.69) is 5.32 Å². The Morgan fingerprint density at radius 3 is 2.74 bits per heavy atom. The first-order valence-corrected chi connectivity index (χ1v) is 5.87. The van der Waals surface area contributed by atoms with Crippen LogP contribution < -0.4 is 11.1 Å². The molecule has 0 aromatic heterocycles. The van der Waals surface area contributed by atoms with E-state index in [1.54, 1.807) is 0 Å². The molecule has 19 heavy (non-hydrogen) atoms. The summed E-state index contributed by atoms with van der Waals surface area (Å²) in [5.41, 5.74) is 5.19. The van der Waals surface area contributed by atoms with Gasteiger partial charge in [0.2, 0.25) is 11.7 Å². The number of amides is 1. The SMILES string of the molecule is CCC(C)[C@H](N)C(=O)Nc1ccc(F)c([N+](=O)[O-])c1. The van der Waals surface area contributed by atoms with Crippen LogP contribution in [0.1, 0.15) is 20.3 Å². The minimum absolute atomic E-state index is 0.0181. The summed E-state index contributed by atoms with van der Waals surface area (Å²) in [6.07, 6.45) is 0.734. The Kier molecular flexibility index (Phi) is 4.94. The summed E-state index contributed by atoms with van der Waals surface area (Å²) in [4.78, 5) is 21.5. The van der Waals surface area contributed by atoms with E-state index >= 15 is 0 Å². The highest BCUT2D eigenvalue weighted by atomic mass is 19.1. The average molecular weight is 269 g/mol. The zero-order valence-corrected chi connectivity index (χ0v) is 10.7. The summed E-state index contributed by atoms with van der Waals surface area (Å²) in [5, 5.41) is 13.0. The van der Waals surface area contributed by atoms with Crippen LogP contribution in [0, 0.1) is 21.8 Å². The Balaban J connectivity index is 2.86. The highest BCUT2D eigenvalue weighted by molar-refractivity contribution is 5.95. The molecule has 1 amide bonds. The monoisotopic (exact) mass is 269 g/mol. The molecule has 0 aliphatic carbocycles. The maximum Gasteiger partial charge on any atom is 0.306 e. The van der Waals surface area contributed by atoms with Crippen molar-refractivity contribution in [3.05, 3.63) is 34.1 Å². The van der Waals surface area contributed by atoms with E-state index in [1.165, 1.54) is 6.07 Å². The maximum absolute atomic E-state index is 13.1. The normalized spacial score (nSPS) is 13.7. The van der Waals surface area contributed by atoms with Gasteiger partial charge in [-0.15, -0.1) is 0 Å². The van der Waals surface area contributed by atoms with Gasteiger partial charge in [-0.2, -0.15) is 4.39 Å². The standard InChI is InChI=1S/C12H16FN3O3/c1-3-7(2)11(14)12(17)15-8-4-5-9(13)10(6-8)16(18)19/h4-7,11H,3,14H2,1-2H3,(H,15,17)/t7?,11-/m0/s1. The van der Waals surface area contributed by atoms with Crippen molar-refractivity contribution in [3.63, 3.8) is 0 Å². The smallest absolute Gasteiger partial charge is 0.306 e. The number of rotatable bonds is 5. The predicted molar refractivity (Wildman–Crippen MR) is 69.1 cm³/mol. The van der Waals surface area contributed by atoms with E-state index in [1.807, 2.05) is 13.8 Å². The van der Waals surface area contributed by atoms with Gasteiger partial charge in [-0.3, -0.25) is 14.9 Å². The van der Waals surface area contributed by atoms with Crippen LogP contribution in [0.4, 0.5) is 15.8 Å². The number of nitrogens with two attached hydrogens (primary N) is 1. The van der Waals surface area contributed by atoms with Crippen molar-refractivity contribution >= 4 is 17.3 Å². The van der Waals surface area contributed by atoms with Gasteiger partial charge in [0.1, 0.15) is 0 Å². The molecule has 104 valence electrons. The number of nitro benzene ring substituents is 1. The number of carbonyl (C=O) groups is 1. The van der Waals surface area contributed by atoms with Crippen LogP contribution in [0.2, 0.25) is 0 Å². The van der Waals surface area contributed by atoms with Gasteiger partial charge in [0.15, 0.2) is 0 Å². The fraction of sp³-hybridized carbons (Fsp3) is 0.417. The largest absolute Gasteiger partial charge is 0.324 e. The minimum Gasteiger partial charge on any atom is -0.324 e. The molecule has 6 nitrogen and oxygen atoms in total. The molecule has 1 rings (SSSR count). The third-order valence-corrected chi connectivity index (χ3v) is 2.97. The number of anilines is 1. The van der Waals surface area contributed by atoms with Crippen LogP contribution in [0.15, 0.2) is 18.2 Å². The molecular formula is C12H16FN3O3. The quantitative estimate of drug-likeness (QED) is 0.631. The zero-order valence-electron chi connectivity index (χ0n) is 10.7. The van der Waals surface area contributed by atoms with Crippen LogP contribution in [-0.4, -0.2) is 16.9 Å². The van der Waals surface area contributed by atoms with Crippen LogP contribution in [0.5, 0.6) is 0 Å². The number of hydrogen-bond acceptors (Lipinski definition) is 4. The third kappa shape index (κ3) is 3.72. The second kappa shape index (κ2) is 6.24. The van der Waals surface area contributed by atoms with Crippen LogP contribution in [0.25, 0.3) is 0 Å². The molecular weight excluding hydrogens is 253 g/mol. The van der Waals surface area contributed by atoms with E-state index in [0.29, 0.717) is 0 Å². The van der Waals surface area contributed by atoms with Gasteiger partial charge < -0.3 is 11.1 Å². The molecule has 1 aromatic carbocycles. The van der Waals surface area contributed by atoms with Gasteiger partial charge in [-0.05, 0) is 18.1 Å². The molecule has 0 saturated carbocycles. The van der Waals surface area contributed by atoms with E-state index in [9.17, 15) is 19.3 Å². The Morgan fingerprint density at radius 2 is 2.21 bits per heavy atom. The second-order valence-electron chi connectivity index (χ2n) is 4.32. The Labute approximate surface area is 109 Å². The van der Waals surface area contributed by atoms with Crippen LogP contribution in [0.3, 0.4) is 0 Å². The summed E-state index contributed by atoms with van der Waals surface area (Å²) >= 11 is 0. The summed E-state index contributed by atoms with van der Waals surface area (Å²) in [7, 11) is 0. The molecule has 1 aromatic rings. The maximum atomic E-state index is 13.1. The van der Waals surface area contributed by atoms with Crippen molar-refractivity contribution in [3.8, 4) is 0 Å². The molecule has 0 aliphatic heterocycles. The van der Waals surface area contributed by atoms with E-state index in [0.717, 1.165) is 18.6 Å². The van der Waals surface area contributed by atoms with Gasteiger partial charge in [0.05, 0.1) is 11.0 Å². The lowest BCUT2D eigenvalue weighted by atomic mass is 9.99. The van der Waals surface area contributed by atoms with Crippen molar-refractivity contribution < 1.29 is 14.1 Å². The molecule has 0 fully saturated rings. The van der Waals surface area contributed by atoms with Crippen LogP contribution in [-0.2, 0) is 4.79 Å². The molecule has 3 N–H and O–H groups in total. The average Bonchev–Trinajstić information content (AvgIpc) is 2.38. The number of halogens is 1. The number of benzene rings is 1. The van der Waals surface area contributed by atoms with Gasteiger partial charge in [-0.1, -0.05) is 20.3 Å². The Morgan fingerprint density at radius 1 is 1.58 bits per heavy atom. The first kappa shape index (κ1) is 15.0. The predicted octanol–water partition coefficient (Wildman–Crippen LogP) is 2.05. The lowest BCUT2D eigenvalue weighted by Gasteiger charge is -2.17. The third-order valence-electron chi connectivity index (χ3n) is 2.97. The number of nitrogens with one attached hydrogen (secondary N) is 1. The summed E-state index contributed by atoms with van der Waals surface area (Å²) in [6, 6.07) is 2.44. The first-order chi connectivity index (χ1) is 8.86. The topological polar surface area (TPSA) is 98.3 Å². The second-order valence-corrected chi connectivity index (χ2v) is 4.32. The zero-order chi connectivity index (χ0) is 14.6. The Bertz CT molecular complexity index is 493. The molecule has 0 bridgehead atoms. The molecule has 0 spiro atoms. The number of hydrogen-bond donors (Lipinski definition) is 2. The summed E-state index contributed by atoms with van der Waals surface area (Å²) in [5.74, 6) is -1.42. The Hall–Kier alpha value is -2.02. The van der Waals surface area contributed by atoms with E-state index in [-0.39, 0.29) is 11.6 Å². The van der Waals surface area contributed by atoms with Crippen molar-refractivity contribution in [2.45, 2.75) is 26.3 Å². The molecule has 0 heterocycles. The van der Waals surface area contributed by atoms with Crippen molar-refractivity contribution in [2.75, 3.05) is 5.32 Å². The summed E-state index contributed by atoms with van der Waals surface area (Å²) in [6.45, 7) is 3.73. The molecule has 0 saturated heterocycles. The van der Waals surface area contributed by atoms with Gasteiger partial charge >= 0.3 is 5.69 Å². The highest BCUT2D eigenvalue weighted by Crippen LogP contribution is 2.22. The first-order valence-electron chi connectivity index (χ1n) is 5.87. The molecule has 1 unspecified atom stereocenters. The molecule has 2 atom stereocenters. The van der Waals surface area contributed by atoms with Crippen molar-refractivity contribution in [1.82, 2.24) is 0 Å². The fourth-order valence-electron chi connectivity index (χ4n) is 1.47. The number of nitrogens with zero attached hydrogens (tertiary/aromatic N) is 1. The van der Waals surface area contributed by atoms with Gasteiger partial charge in [-0.25, -0.2) is 0 Å². The number of carbonyl (C=O) groups excluding carboxylic acids is 1. The van der Waals surface area contributed by atoms with Crippen molar-refractivity contribution in [2.24, 2.45) is 11.7 Å². The molecule has 0 aliphatic rings. The summed E-state index contributed by atoms with van der Waals surface area (Å²) < 4.78 is 13.1. The van der Waals surface area contributed by atoms with E-state index < -0.39 is 28.4 Å². The fourth-order valence-corrected chi connectivity index (χ4v) is 1.47. The minimum atomic E-state index is -0.950. The molecule has 7 heteroatoms. The van der Waals surface area contributed by atoms with Gasteiger partial charge in [0.25, 0.3) is 0 Å². The van der Waals surface area contributed by atoms with Crippen LogP contribution >= 0.6 is 0 Å². The lowest BCUT2D eigenvalue weighted by molar-refractivity contribution is -0.387. The number of nitro groups is 1. The molecule has 0 radical (unpaired) electrons. The lowest BCUT2D eigenvalue weighted by Crippen LogP contribution is -2.40. The van der Waals surface area contributed by atoms with Crippen molar-refractivity contribution in [1.29, 1.82) is 0 Å². The van der Waals surface area contributed by atoms with Gasteiger partial charge in [0, 0.05) is 11.8 Å².